The first-order chi connectivity index (χ1) is 12.0. The molecule has 1 aromatic heterocycles. The monoisotopic (exact) mass is 344 g/mol. The first kappa shape index (κ1) is 17.2. The Morgan fingerprint density at radius 3 is 2.72 bits per heavy atom. The van der Waals surface area contributed by atoms with Gasteiger partial charge in [0.1, 0.15) is 11.7 Å². The molecule has 3 rings (SSSR count). The van der Waals surface area contributed by atoms with Crippen molar-refractivity contribution >= 4 is 11.9 Å². The highest BCUT2D eigenvalue weighted by Crippen LogP contribution is 2.21. The third-order valence-corrected chi connectivity index (χ3v) is 4.30. The number of ether oxygens (including phenoxy) is 1. The summed E-state index contributed by atoms with van der Waals surface area (Å²) >= 11 is 0. The van der Waals surface area contributed by atoms with Gasteiger partial charge in [-0.1, -0.05) is 35.0 Å². The molecule has 0 spiro atoms. The molecule has 0 saturated carbocycles. The number of nitrogens with zero attached hydrogens (tertiary/aromatic N) is 1. The molecular formula is C18H20N2O5. The molecule has 132 valence electrons. The first-order valence-electron chi connectivity index (χ1n) is 8.20. The van der Waals surface area contributed by atoms with Crippen molar-refractivity contribution in [3.63, 3.8) is 0 Å². The molecule has 2 heterocycles. The average Bonchev–Trinajstić information content (AvgIpc) is 3.11. The van der Waals surface area contributed by atoms with Gasteiger partial charge in [0, 0.05) is 24.2 Å². The molecule has 1 saturated heterocycles. The number of hydrogen-bond acceptors (Lipinski definition) is 5. The number of amides is 1. The average molecular weight is 344 g/mol. The van der Waals surface area contributed by atoms with Crippen molar-refractivity contribution < 1.29 is 24.0 Å². The van der Waals surface area contributed by atoms with Gasteiger partial charge in [0.25, 0.3) is 5.91 Å². The fourth-order valence-electron chi connectivity index (χ4n) is 2.86. The Kier molecular flexibility index (Phi) is 5.14. The molecular weight excluding hydrogens is 324 g/mol. The predicted molar refractivity (Wildman–Crippen MR) is 89.1 cm³/mol. The van der Waals surface area contributed by atoms with Crippen LogP contribution in [0.5, 0.6) is 0 Å². The fraction of sp³-hybridized carbons (Fsp3) is 0.389. The molecule has 25 heavy (non-hydrogen) atoms. The Morgan fingerprint density at radius 2 is 2.08 bits per heavy atom. The van der Waals surface area contributed by atoms with E-state index in [1.807, 2.05) is 31.2 Å². The normalized spacial score (nSPS) is 18.5. The maximum absolute atomic E-state index is 12.4. The second kappa shape index (κ2) is 7.48. The van der Waals surface area contributed by atoms with Crippen molar-refractivity contribution in [2.24, 2.45) is 5.92 Å². The van der Waals surface area contributed by atoms with E-state index < -0.39 is 17.9 Å². The number of aryl methyl sites for hydroxylation is 1. The Balaban J connectivity index is 1.71. The van der Waals surface area contributed by atoms with Gasteiger partial charge in [0.05, 0.1) is 6.61 Å². The summed E-state index contributed by atoms with van der Waals surface area (Å²) in [7, 11) is 0. The Morgan fingerprint density at radius 1 is 1.32 bits per heavy atom. The molecule has 2 atom stereocenters. The largest absolute Gasteiger partial charge is 0.480 e. The maximum atomic E-state index is 12.4. The van der Waals surface area contributed by atoms with Crippen LogP contribution < -0.4 is 5.32 Å². The molecule has 1 amide bonds. The number of aliphatic carboxylic acids is 1. The lowest BCUT2D eigenvalue weighted by Crippen LogP contribution is -2.48. The molecule has 1 fully saturated rings. The van der Waals surface area contributed by atoms with E-state index in [0.29, 0.717) is 25.3 Å². The van der Waals surface area contributed by atoms with Crippen molar-refractivity contribution in [1.29, 1.82) is 0 Å². The van der Waals surface area contributed by atoms with E-state index in [1.54, 1.807) is 0 Å². The lowest BCUT2D eigenvalue weighted by molar-refractivity contribution is -0.142. The summed E-state index contributed by atoms with van der Waals surface area (Å²) in [5, 5.41) is 15.8. The van der Waals surface area contributed by atoms with Crippen LogP contribution in [-0.2, 0) is 9.53 Å². The van der Waals surface area contributed by atoms with Crippen LogP contribution in [0.15, 0.2) is 34.9 Å². The molecule has 2 aromatic rings. The number of benzene rings is 1. The summed E-state index contributed by atoms with van der Waals surface area (Å²) in [4.78, 5) is 23.9. The van der Waals surface area contributed by atoms with Crippen molar-refractivity contribution in [1.82, 2.24) is 10.5 Å². The minimum absolute atomic E-state index is 0.0152. The predicted octanol–water partition coefficient (Wildman–Crippen LogP) is 2.26. The van der Waals surface area contributed by atoms with Crippen LogP contribution in [0.4, 0.5) is 0 Å². The number of carbonyl (C=O) groups excluding carboxylic acids is 1. The zero-order valence-electron chi connectivity index (χ0n) is 13.9. The van der Waals surface area contributed by atoms with Gasteiger partial charge in [0.15, 0.2) is 0 Å². The zero-order chi connectivity index (χ0) is 17.8. The minimum Gasteiger partial charge on any atom is -0.480 e. The highest BCUT2D eigenvalue weighted by molar-refractivity contribution is 5.95. The van der Waals surface area contributed by atoms with Crippen LogP contribution in [0.25, 0.3) is 11.3 Å². The molecule has 1 aliphatic rings. The number of hydrogen-bond donors (Lipinski definition) is 2. The van der Waals surface area contributed by atoms with Crippen LogP contribution in [0.2, 0.25) is 0 Å². The van der Waals surface area contributed by atoms with E-state index in [0.717, 1.165) is 17.5 Å². The van der Waals surface area contributed by atoms with Crippen LogP contribution in [-0.4, -0.2) is 41.4 Å². The molecule has 1 aromatic carbocycles. The molecule has 1 aliphatic heterocycles. The fourth-order valence-corrected chi connectivity index (χ4v) is 2.86. The third-order valence-electron chi connectivity index (χ3n) is 4.30. The Labute approximate surface area is 145 Å². The van der Waals surface area contributed by atoms with E-state index in [2.05, 4.69) is 10.5 Å². The molecule has 0 aliphatic carbocycles. The summed E-state index contributed by atoms with van der Waals surface area (Å²) in [5.41, 5.74) is 2.46. The maximum Gasteiger partial charge on any atom is 0.326 e. The van der Waals surface area contributed by atoms with E-state index in [4.69, 9.17) is 9.26 Å². The van der Waals surface area contributed by atoms with Crippen molar-refractivity contribution in [2.75, 3.05) is 13.2 Å². The van der Waals surface area contributed by atoms with Crippen LogP contribution >= 0.6 is 0 Å². The van der Waals surface area contributed by atoms with Gasteiger partial charge < -0.3 is 19.7 Å². The van der Waals surface area contributed by atoms with Crippen LogP contribution in [0.1, 0.15) is 29.0 Å². The lowest BCUT2D eigenvalue weighted by Gasteiger charge is -2.27. The van der Waals surface area contributed by atoms with E-state index in [-0.39, 0.29) is 11.7 Å². The second-order valence-electron chi connectivity index (χ2n) is 6.21. The lowest BCUT2D eigenvalue weighted by atomic mass is 9.93. The van der Waals surface area contributed by atoms with Gasteiger partial charge in [-0.2, -0.15) is 0 Å². The molecule has 0 radical (unpaired) electrons. The standard InChI is InChI=1S/C18H20N2O5/c1-11-4-6-12(7-5-11)14-9-15(25-20-14)17(21)19-16(18(22)23)13-3-2-8-24-10-13/h4-7,9,13,16H,2-3,8,10H2,1H3,(H,19,21)(H,22,23). The quantitative estimate of drug-likeness (QED) is 0.863. The van der Waals surface area contributed by atoms with Crippen LogP contribution in [0.3, 0.4) is 0 Å². The molecule has 2 unspecified atom stereocenters. The number of rotatable bonds is 5. The second-order valence-corrected chi connectivity index (χ2v) is 6.21. The van der Waals surface area contributed by atoms with Gasteiger partial charge in [-0.3, -0.25) is 4.79 Å². The SMILES string of the molecule is Cc1ccc(-c2cc(C(=O)NC(C(=O)O)C3CCCOC3)on2)cc1. The number of aromatic nitrogens is 1. The molecule has 7 nitrogen and oxygen atoms in total. The van der Waals surface area contributed by atoms with Gasteiger partial charge in [-0.05, 0) is 19.8 Å². The number of carboxylic acids is 1. The topological polar surface area (TPSA) is 102 Å². The Hall–Kier alpha value is -2.67. The first-order valence-corrected chi connectivity index (χ1v) is 8.20. The van der Waals surface area contributed by atoms with Gasteiger partial charge in [-0.15, -0.1) is 0 Å². The van der Waals surface area contributed by atoms with Gasteiger partial charge in [0.2, 0.25) is 5.76 Å². The van der Waals surface area contributed by atoms with Gasteiger partial charge >= 0.3 is 5.97 Å². The summed E-state index contributed by atoms with van der Waals surface area (Å²) < 4.78 is 10.4. The molecule has 0 bridgehead atoms. The van der Waals surface area contributed by atoms with Crippen molar-refractivity contribution in [2.45, 2.75) is 25.8 Å². The van der Waals surface area contributed by atoms with Crippen molar-refractivity contribution in [3.8, 4) is 11.3 Å². The third kappa shape index (κ3) is 4.06. The Bertz CT molecular complexity index is 747. The van der Waals surface area contributed by atoms with E-state index in [1.165, 1.54) is 6.07 Å². The van der Waals surface area contributed by atoms with E-state index in [9.17, 15) is 14.7 Å². The van der Waals surface area contributed by atoms with Gasteiger partial charge in [-0.25, -0.2) is 4.79 Å². The minimum atomic E-state index is -1.08. The summed E-state index contributed by atoms with van der Waals surface area (Å²) in [6.07, 6.45) is 1.48. The summed E-state index contributed by atoms with van der Waals surface area (Å²) in [6.45, 7) is 2.92. The summed E-state index contributed by atoms with van der Waals surface area (Å²) in [6, 6.07) is 8.14. The molecule has 2 N–H and O–H groups in total. The van der Waals surface area contributed by atoms with Crippen molar-refractivity contribution in [3.05, 3.63) is 41.7 Å². The zero-order valence-corrected chi connectivity index (χ0v) is 13.9. The molecule has 7 heteroatoms. The van der Waals surface area contributed by atoms with Crippen LogP contribution in [0, 0.1) is 12.8 Å². The highest BCUT2D eigenvalue weighted by atomic mass is 16.5. The van der Waals surface area contributed by atoms with E-state index >= 15 is 0 Å². The number of nitrogens with one attached hydrogen (secondary N) is 1. The number of carbonyl (C=O) groups is 2. The summed E-state index contributed by atoms with van der Waals surface area (Å²) in [5.74, 6) is -1.95. The number of carboxylic acid groups (broad SMARTS) is 1. The smallest absolute Gasteiger partial charge is 0.326 e. The highest BCUT2D eigenvalue weighted by Gasteiger charge is 2.32.